The lowest BCUT2D eigenvalue weighted by Crippen LogP contribution is -2.10. The topological polar surface area (TPSA) is 3.24 Å². The van der Waals surface area contributed by atoms with E-state index in [-0.39, 0.29) is 5.92 Å². The number of rotatable bonds is 13. The average molecular weight is 550 g/mol. The minimum atomic E-state index is 0.180. The van der Waals surface area contributed by atoms with Gasteiger partial charge in [-0.1, -0.05) is 141 Å². The molecule has 0 aliphatic heterocycles. The van der Waals surface area contributed by atoms with Gasteiger partial charge in [0.05, 0.1) is 0 Å². The molecule has 4 aromatic rings. The third-order valence-electron chi connectivity index (χ3n) is 7.38. The van der Waals surface area contributed by atoms with Crippen molar-refractivity contribution < 1.29 is 0 Å². The summed E-state index contributed by atoms with van der Waals surface area (Å²) in [6, 6.07) is 37.6. The summed E-state index contributed by atoms with van der Waals surface area (Å²) in [6.45, 7) is 10.2. The van der Waals surface area contributed by atoms with Crippen molar-refractivity contribution in [1.82, 2.24) is 0 Å². The molecule has 0 spiro atoms. The van der Waals surface area contributed by atoms with Crippen molar-refractivity contribution >= 4 is 17.1 Å². The van der Waals surface area contributed by atoms with Crippen LogP contribution in [0, 0.1) is 6.92 Å². The highest BCUT2D eigenvalue weighted by Crippen LogP contribution is 2.38. The minimum Gasteiger partial charge on any atom is -0.311 e. The highest BCUT2D eigenvalue weighted by Gasteiger charge is 2.19. The molecule has 212 valence electrons. The van der Waals surface area contributed by atoms with E-state index in [2.05, 4.69) is 166 Å². The number of aryl methyl sites for hydroxylation is 1. The highest BCUT2D eigenvalue weighted by atomic mass is 15.1. The average Bonchev–Trinajstić information content (AvgIpc) is 3.03. The van der Waals surface area contributed by atoms with Crippen LogP contribution in [0.2, 0.25) is 0 Å². The number of unbranched alkanes of at least 4 members (excludes halogenated alkanes) is 1. The molecule has 0 heterocycles. The fraction of sp³-hybridized carbons (Fsp3) is 0.171. The molecule has 0 aliphatic carbocycles. The summed E-state index contributed by atoms with van der Waals surface area (Å²) < 4.78 is 0. The Labute approximate surface area is 253 Å². The molecule has 0 aliphatic rings. The normalized spacial score (nSPS) is 12.8. The van der Waals surface area contributed by atoms with Gasteiger partial charge in [0.1, 0.15) is 0 Å². The Morgan fingerprint density at radius 3 is 1.90 bits per heavy atom. The van der Waals surface area contributed by atoms with Gasteiger partial charge in [-0.15, -0.1) is 0 Å². The van der Waals surface area contributed by atoms with Gasteiger partial charge in [0.15, 0.2) is 0 Å². The molecule has 1 nitrogen and oxygen atoms in total. The van der Waals surface area contributed by atoms with Gasteiger partial charge < -0.3 is 4.90 Å². The predicted molar refractivity (Wildman–Crippen MR) is 184 cm³/mol. The molecule has 4 aromatic carbocycles. The van der Waals surface area contributed by atoms with E-state index in [9.17, 15) is 0 Å². The zero-order chi connectivity index (χ0) is 29.6. The molecule has 0 bridgehead atoms. The Morgan fingerprint density at radius 2 is 1.31 bits per heavy atom. The molecule has 1 atom stereocenters. The van der Waals surface area contributed by atoms with E-state index in [0.29, 0.717) is 0 Å². The lowest BCUT2D eigenvalue weighted by molar-refractivity contribution is 0.941. The lowest BCUT2D eigenvalue weighted by atomic mass is 9.84. The molecule has 4 rings (SSSR count). The standard InChI is InChI=1S/C41H43N/c1-5-8-10-11-14-17-34-23-29-39(30-24-34)42(38-27-21-33(4)22-28-38)40-31-25-37(26-32-40)41(36-19-15-12-16-20-36)35(7-3)18-13-9-6-2/h5,7-8,10-16,18-32,41H,1,6,9,17H2,2-4H3/b10-8-,14-11-,18-13-,35-7?. The van der Waals surface area contributed by atoms with Crippen LogP contribution in [-0.4, -0.2) is 0 Å². The number of benzene rings is 4. The Balaban J connectivity index is 1.69. The van der Waals surface area contributed by atoms with Crippen molar-refractivity contribution in [3.63, 3.8) is 0 Å². The van der Waals surface area contributed by atoms with Crippen LogP contribution in [0.25, 0.3) is 0 Å². The first-order valence-corrected chi connectivity index (χ1v) is 15.0. The Morgan fingerprint density at radius 1 is 0.714 bits per heavy atom. The predicted octanol–water partition coefficient (Wildman–Crippen LogP) is 11.7. The number of nitrogens with zero attached hydrogens (tertiary/aromatic N) is 1. The Hall–Kier alpha value is -4.62. The highest BCUT2D eigenvalue weighted by molar-refractivity contribution is 5.77. The summed E-state index contributed by atoms with van der Waals surface area (Å²) in [6.07, 6.45) is 20.0. The Bertz CT molecular complexity index is 1500. The number of anilines is 3. The molecule has 0 saturated carbocycles. The van der Waals surface area contributed by atoms with Crippen LogP contribution in [0.15, 0.2) is 164 Å². The molecule has 0 fully saturated rings. The first kappa shape index (κ1) is 30.3. The molecule has 0 radical (unpaired) electrons. The number of hydrogen-bond acceptors (Lipinski definition) is 1. The monoisotopic (exact) mass is 549 g/mol. The van der Waals surface area contributed by atoms with Crippen molar-refractivity contribution in [2.45, 2.75) is 46.0 Å². The molecule has 0 saturated heterocycles. The van der Waals surface area contributed by atoms with E-state index in [0.717, 1.165) is 36.3 Å². The number of hydrogen-bond donors (Lipinski definition) is 0. The molecule has 0 aromatic heterocycles. The summed E-state index contributed by atoms with van der Waals surface area (Å²) in [5, 5.41) is 0. The lowest BCUT2D eigenvalue weighted by Gasteiger charge is -2.27. The summed E-state index contributed by atoms with van der Waals surface area (Å²) in [5.74, 6) is 0.180. The van der Waals surface area contributed by atoms with Crippen LogP contribution in [-0.2, 0) is 6.42 Å². The third kappa shape index (κ3) is 8.21. The van der Waals surface area contributed by atoms with Gasteiger partial charge in [-0.05, 0) is 85.4 Å². The second-order valence-corrected chi connectivity index (χ2v) is 10.5. The first-order chi connectivity index (χ1) is 20.6. The van der Waals surface area contributed by atoms with Crippen LogP contribution < -0.4 is 4.90 Å². The van der Waals surface area contributed by atoms with Crippen LogP contribution in [0.4, 0.5) is 17.1 Å². The molecule has 42 heavy (non-hydrogen) atoms. The summed E-state index contributed by atoms with van der Waals surface area (Å²) in [5.41, 5.74) is 9.87. The largest absolute Gasteiger partial charge is 0.311 e. The smallest absolute Gasteiger partial charge is 0.0461 e. The van der Waals surface area contributed by atoms with Crippen molar-refractivity contribution in [1.29, 1.82) is 0 Å². The summed E-state index contributed by atoms with van der Waals surface area (Å²) in [4.78, 5) is 2.34. The molecular weight excluding hydrogens is 506 g/mol. The van der Waals surface area contributed by atoms with E-state index < -0.39 is 0 Å². The number of allylic oxidation sites excluding steroid dienone is 9. The minimum absolute atomic E-state index is 0.180. The zero-order valence-corrected chi connectivity index (χ0v) is 25.3. The summed E-state index contributed by atoms with van der Waals surface area (Å²) >= 11 is 0. The zero-order valence-electron chi connectivity index (χ0n) is 25.3. The second kappa shape index (κ2) is 16.0. The Kier molecular flexibility index (Phi) is 11.5. The van der Waals surface area contributed by atoms with Crippen molar-refractivity contribution in [2.24, 2.45) is 0 Å². The van der Waals surface area contributed by atoms with E-state index in [4.69, 9.17) is 0 Å². The maximum Gasteiger partial charge on any atom is 0.0461 e. The van der Waals surface area contributed by atoms with E-state index in [1.807, 2.05) is 12.2 Å². The molecule has 1 unspecified atom stereocenters. The van der Waals surface area contributed by atoms with Crippen LogP contribution in [0.1, 0.15) is 54.9 Å². The second-order valence-electron chi connectivity index (χ2n) is 10.5. The van der Waals surface area contributed by atoms with Crippen molar-refractivity contribution in [3.05, 3.63) is 186 Å². The van der Waals surface area contributed by atoms with Crippen LogP contribution >= 0.6 is 0 Å². The van der Waals surface area contributed by atoms with Crippen molar-refractivity contribution in [2.75, 3.05) is 4.90 Å². The fourth-order valence-corrected chi connectivity index (χ4v) is 5.13. The van der Waals surface area contributed by atoms with Gasteiger partial charge >= 0.3 is 0 Å². The first-order valence-electron chi connectivity index (χ1n) is 15.0. The fourth-order valence-electron chi connectivity index (χ4n) is 5.13. The van der Waals surface area contributed by atoms with Gasteiger partial charge in [-0.3, -0.25) is 0 Å². The van der Waals surface area contributed by atoms with Gasteiger partial charge in [-0.25, -0.2) is 0 Å². The van der Waals surface area contributed by atoms with Gasteiger partial charge in [0.2, 0.25) is 0 Å². The SMILES string of the molecule is C=C/C=C\C=C/Cc1ccc(N(c2ccc(C)cc2)c2ccc(C(C(=CC)/C=C\CCC)c3ccccc3)cc2)cc1. The van der Waals surface area contributed by atoms with Crippen molar-refractivity contribution in [3.8, 4) is 0 Å². The maximum atomic E-state index is 3.72. The van der Waals surface area contributed by atoms with Crippen LogP contribution in [0.5, 0.6) is 0 Å². The molecular formula is C41H43N. The quantitative estimate of drug-likeness (QED) is 0.150. The molecule has 1 heteroatoms. The van der Waals surface area contributed by atoms with E-state index in [1.54, 1.807) is 6.08 Å². The molecule has 0 N–H and O–H groups in total. The third-order valence-corrected chi connectivity index (χ3v) is 7.38. The van der Waals surface area contributed by atoms with Gasteiger partial charge in [0.25, 0.3) is 0 Å². The summed E-state index contributed by atoms with van der Waals surface area (Å²) in [7, 11) is 0. The van der Waals surface area contributed by atoms with Gasteiger partial charge in [-0.2, -0.15) is 0 Å². The maximum absolute atomic E-state index is 3.72. The van der Waals surface area contributed by atoms with E-state index >= 15 is 0 Å². The molecule has 0 amide bonds. The van der Waals surface area contributed by atoms with Gasteiger partial charge in [0, 0.05) is 23.0 Å². The van der Waals surface area contributed by atoms with Crippen LogP contribution in [0.3, 0.4) is 0 Å². The van der Waals surface area contributed by atoms with E-state index in [1.165, 1.54) is 27.8 Å².